The van der Waals surface area contributed by atoms with Crippen LogP contribution in [0.25, 0.3) is 0 Å². The van der Waals surface area contributed by atoms with Crippen LogP contribution in [0.15, 0.2) is 18.2 Å². The third kappa shape index (κ3) is 7.14. The molecule has 1 amide bonds. The highest BCUT2D eigenvalue weighted by Crippen LogP contribution is 2.22. The number of halogens is 2. The van der Waals surface area contributed by atoms with Gasteiger partial charge in [0.25, 0.3) is 5.91 Å². The van der Waals surface area contributed by atoms with E-state index in [0.717, 1.165) is 25.7 Å². The molecule has 0 radical (unpaired) electrons. The zero-order valence-corrected chi connectivity index (χ0v) is 14.2. The Kier molecular flexibility index (Phi) is 8.94. The van der Waals surface area contributed by atoms with Gasteiger partial charge in [0, 0.05) is 18.5 Å². The fourth-order valence-corrected chi connectivity index (χ4v) is 2.22. The number of carbonyl (C=O) groups is 2. The van der Waals surface area contributed by atoms with Crippen molar-refractivity contribution in [3.8, 4) is 0 Å². The standard InChI is InChI=1S/C16H21Cl2NO3/c1-2-22-15(20)7-5-3-4-6-10-19-16(21)12-8-9-13(17)14(18)11-12/h8-9,11H,2-7,10H2,1H3,(H,19,21). The van der Waals surface area contributed by atoms with Gasteiger partial charge in [-0.2, -0.15) is 0 Å². The van der Waals surface area contributed by atoms with Crippen LogP contribution in [-0.4, -0.2) is 25.0 Å². The molecule has 0 saturated carbocycles. The maximum absolute atomic E-state index is 11.9. The van der Waals surface area contributed by atoms with E-state index in [-0.39, 0.29) is 11.9 Å². The molecule has 6 heteroatoms. The first-order valence-corrected chi connectivity index (χ1v) is 8.19. The van der Waals surface area contributed by atoms with Gasteiger partial charge in [-0.1, -0.05) is 36.0 Å². The molecule has 0 aliphatic carbocycles. The smallest absolute Gasteiger partial charge is 0.305 e. The van der Waals surface area contributed by atoms with E-state index >= 15 is 0 Å². The van der Waals surface area contributed by atoms with Crippen LogP contribution >= 0.6 is 23.2 Å². The number of carbonyl (C=O) groups excluding carboxylic acids is 2. The number of nitrogens with one attached hydrogen (secondary N) is 1. The summed E-state index contributed by atoms with van der Waals surface area (Å²) >= 11 is 11.7. The quantitative estimate of drug-likeness (QED) is 0.538. The van der Waals surface area contributed by atoms with E-state index in [1.165, 1.54) is 0 Å². The van der Waals surface area contributed by atoms with Crippen molar-refractivity contribution < 1.29 is 14.3 Å². The van der Waals surface area contributed by atoms with Crippen molar-refractivity contribution in [3.63, 3.8) is 0 Å². The molecular weight excluding hydrogens is 325 g/mol. The van der Waals surface area contributed by atoms with Crippen LogP contribution in [-0.2, 0) is 9.53 Å². The highest BCUT2D eigenvalue weighted by atomic mass is 35.5. The highest BCUT2D eigenvalue weighted by molar-refractivity contribution is 6.42. The molecule has 1 aromatic carbocycles. The zero-order chi connectivity index (χ0) is 16.4. The van der Waals surface area contributed by atoms with Crippen molar-refractivity contribution in [2.75, 3.05) is 13.2 Å². The van der Waals surface area contributed by atoms with Crippen molar-refractivity contribution in [1.82, 2.24) is 5.32 Å². The van der Waals surface area contributed by atoms with Crippen LogP contribution in [0.3, 0.4) is 0 Å². The summed E-state index contributed by atoms with van der Waals surface area (Å²) in [4.78, 5) is 23.0. The van der Waals surface area contributed by atoms with Crippen LogP contribution in [0.2, 0.25) is 10.0 Å². The topological polar surface area (TPSA) is 55.4 Å². The van der Waals surface area contributed by atoms with Crippen LogP contribution in [0.1, 0.15) is 49.4 Å². The van der Waals surface area contributed by atoms with Crippen LogP contribution in [0, 0.1) is 0 Å². The summed E-state index contributed by atoms with van der Waals surface area (Å²) in [5, 5.41) is 3.63. The second-order valence-electron chi connectivity index (χ2n) is 4.85. The second-order valence-corrected chi connectivity index (χ2v) is 5.67. The maximum Gasteiger partial charge on any atom is 0.305 e. The molecule has 0 aromatic heterocycles. The number of ether oxygens (including phenoxy) is 1. The lowest BCUT2D eigenvalue weighted by molar-refractivity contribution is -0.143. The highest BCUT2D eigenvalue weighted by Gasteiger charge is 2.07. The summed E-state index contributed by atoms with van der Waals surface area (Å²) in [6.07, 6.45) is 4.06. The largest absolute Gasteiger partial charge is 0.466 e. The van der Waals surface area contributed by atoms with E-state index in [1.54, 1.807) is 25.1 Å². The molecule has 0 heterocycles. The Morgan fingerprint density at radius 3 is 2.50 bits per heavy atom. The minimum atomic E-state index is -0.162. The molecule has 0 unspecified atom stereocenters. The Bertz CT molecular complexity index is 506. The van der Waals surface area contributed by atoms with Crippen molar-refractivity contribution in [1.29, 1.82) is 0 Å². The maximum atomic E-state index is 11.9. The predicted molar refractivity (Wildman–Crippen MR) is 88.5 cm³/mol. The van der Waals surface area contributed by atoms with Gasteiger partial charge in [-0.3, -0.25) is 9.59 Å². The molecular formula is C16H21Cl2NO3. The first kappa shape index (κ1) is 18.8. The van der Waals surface area contributed by atoms with Gasteiger partial charge in [0.1, 0.15) is 0 Å². The van der Waals surface area contributed by atoms with Crippen molar-refractivity contribution in [2.24, 2.45) is 0 Å². The number of benzene rings is 1. The number of unbranched alkanes of at least 4 members (excludes halogenated alkanes) is 3. The number of amides is 1. The molecule has 0 bridgehead atoms. The summed E-state index contributed by atoms with van der Waals surface area (Å²) in [5.41, 5.74) is 0.497. The zero-order valence-electron chi connectivity index (χ0n) is 12.7. The number of hydrogen-bond acceptors (Lipinski definition) is 3. The molecule has 1 aromatic rings. The lowest BCUT2D eigenvalue weighted by Gasteiger charge is -2.06. The first-order valence-electron chi connectivity index (χ1n) is 7.43. The van der Waals surface area contributed by atoms with Gasteiger partial charge in [0.15, 0.2) is 0 Å². The van der Waals surface area contributed by atoms with E-state index in [0.29, 0.717) is 35.2 Å². The average molecular weight is 346 g/mol. The molecule has 4 nitrogen and oxygen atoms in total. The van der Waals surface area contributed by atoms with E-state index in [1.807, 2.05) is 0 Å². The van der Waals surface area contributed by atoms with Crippen LogP contribution in [0.4, 0.5) is 0 Å². The van der Waals surface area contributed by atoms with E-state index in [9.17, 15) is 9.59 Å². The molecule has 1 rings (SSSR count). The third-order valence-corrected chi connectivity index (χ3v) is 3.82. The van der Waals surface area contributed by atoms with Gasteiger partial charge < -0.3 is 10.1 Å². The van der Waals surface area contributed by atoms with Crippen molar-refractivity contribution in [2.45, 2.75) is 39.0 Å². The lowest BCUT2D eigenvalue weighted by Crippen LogP contribution is -2.24. The van der Waals surface area contributed by atoms with E-state index in [2.05, 4.69) is 5.32 Å². The Morgan fingerprint density at radius 2 is 1.82 bits per heavy atom. The fourth-order valence-electron chi connectivity index (χ4n) is 1.92. The van der Waals surface area contributed by atoms with Gasteiger partial charge in [0.2, 0.25) is 0 Å². The molecule has 0 atom stereocenters. The molecule has 1 N–H and O–H groups in total. The van der Waals surface area contributed by atoms with Crippen molar-refractivity contribution in [3.05, 3.63) is 33.8 Å². The fraction of sp³-hybridized carbons (Fsp3) is 0.500. The SMILES string of the molecule is CCOC(=O)CCCCCCNC(=O)c1ccc(Cl)c(Cl)c1. The third-order valence-electron chi connectivity index (χ3n) is 3.08. The molecule has 0 saturated heterocycles. The van der Waals surface area contributed by atoms with E-state index < -0.39 is 0 Å². The molecule has 0 fully saturated rings. The van der Waals surface area contributed by atoms with Gasteiger partial charge in [-0.15, -0.1) is 0 Å². The monoisotopic (exact) mass is 345 g/mol. The first-order chi connectivity index (χ1) is 10.5. The molecule has 0 aliphatic rings. The summed E-state index contributed by atoms with van der Waals surface area (Å²) in [5.74, 6) is -0.305. The Balaban J connectivity index is 2.13. The molecule has 0 aliphatic heterocycles. The predicted octanol–water partition coefficient (Wildman–Crippen LogP) is 4.24. The number of rotatable bonds is 9. The Hall–Kier alpha value is -1.26. The normalized spacial score (nSPS) is 10.3. The Morgan fingerprint density at radius 1 is 1.09 bits per heavy atom. The summed E-state index contributed by atoms with van der Waals surface area (Å²) in [7, 11) is 0. The summed E-state index contributed by atoms with van der Waals surface area (Å²) < 4.78 is 4.85. The average Bonchev–Trinajstić information content (AvgIpc) is 2.49. The summed E-state index contributed by atoms with van der Waals surface area (Å²) in [6.45, 7) is 2.83. The van der Waals surface area contributed by atoms with Gasteiger partial charge in [-0.25, -0.2) is 0 Å². The lowest BCUT2D eigenvalue weighted by atomic mass is 10.1. The second kappa shape index (κ2) is 10.5. The van der Waals surface area contributed by atoms with Crippen LogP contribution < -0.4 is 5.32 Å². The van der Waals surface area contributed by atoms with Crippen molar-refractivity contribution >= 4 is 35.1 Å². The Labute approximate surface area is 141 Å². The van der Waals surface area contributed by atoms with E-state index in [4.69, 9.17) is 27.9 Å². The molecule has 122 valence electrons. The minimum Gasteiger partial charge on any atom is -0.466 e. The van der Waals surface area contributed by atoms with Crippen LogP contribution in [0.5, 0.6) is 0 Å². The summed E-state index contributed by atoms with van der Waals surface area (Å²) in [6, 6.07) is 4.80. The minimum absolute atomic E-state index is 0.143. The van der Waals surface area contributed by atoms with Gasteiger partial charge in [0.05, 0.1) is 16.7 Å². The van der Waals surface area contributed by atoms with Gasteiger partial charge in [-0.05, 0) is 38.0 Å². The molecule has 22 heavy (non-hydrogen) atoms. The number of esters is 1. The molecule has 0 spiro atoms. The number of hydrogen-bond donors (Lipinski definition) is 1. The van der Waals surface area contributed by atoms with Gasteiger partial charge >= 0.3 is 5.97 Å².